The lowest BCUT2D eigenvalue weighted by atomic mass is 9.92. The molecule has 1 heterocycles. The average Bonchev–Trinajstić information content (AvgIpc) is 2.72. The van der Waals surface area contributed by atoms with Gasteiger partial charge in [0.25, 0.3) is 5.91 Å². The Kier molecular flexibility index (Phi) is 7.06. The molecule has 1 atom stereocenters. The number of hydrogen-bond acceptors (Lipinski definition) is 2. The number of amides is 2. The zero-order valence-electron chi connectivity index (χ0n) is 16.7. The molecule has 0 saturated carbocycles. The maximum absolute atomic E-state index is 13.2. The van der Waals surface area contributed by atoms with Crippen molar-refractivity contribution in [2.75, 3.05) is 13.1 Å². The Morgan fingerprint density at radius 2 is 1.62 bits per heavy atom. The molecule has 0 aliphatic carbocycles. The Morgan fingerprint density at radius 1 is 1.03 bits per heavy atom. The van der Waals surface area contributed by atoms with Gasteiger partial charge in [-0.15, -0.1) is 0 Å². The first-order valence-electron chi connectivity index (χ1n) is 9.96. The fourth-order valence-corrected chi connectivity index (χ4v) is 3.96. The molecule has 6 heteroatoms. The molecule has 1 aliphatic heterocycles. The van der Waals surface area contributed by atoms with Crippen molar-refractivity contribution >= 4 is 27.7 Å². The summed E-state index contributed by atoms with van der Waals surface area (Å²) in [7, 11) is 0. The molecular formula is C23H26BrFN2O2. The molecule has 0 radical (unpaired) electrons. The first-order valence-corrected chi connectivity index (χ1v) is 10.7. The van der Waals surface area contributed by atoms with Gasteiger partial charge in [-0.25, -0.2) is 4.39 Å². The smallest absolute Gasteiger partial charge is 0.253 e. The van der Waals surface area contributed by atoms with Gasteiger partial charge in [-0.05, 0) is 60.7 Å². The van der Waals surface area contributed by atoms with E-state index in [1.807, 2.05) is 30.9 Å². The third kappa shape index (κ3) is 5.44. The van der Waals surface area contributed by atoms with Crippen LogP contribution >= 0.6 is 15.9 Å². The first-order chi connectivity index (χ1) is 13.8. The maximum atomic E-state index is 13.2. The lowest BCUT2D eigenvalue weighted by Gasteiger charge is -2.33. The number of rotatable bonds is 5. The fourth-order valence-electron chi connectivity index (χ4n) is 3.70. The van der Waals surface area contributed by atoms with Crippen molar-refractivity contribution < 1.29 is 14.0 Å². The minimum atomic E-state index is -0.287. The number of likely N-dealkylation sites (tertiary alicyclic amines) is 1. The Labute approximate surface area is 179 Å². The third-order valence-corrected chi connectivity index (χ3v) is 5.97. The fraction of sp³-hybridized carbons (Fsp3) is 0.391. The molecule has 0 spiro atoms. The molecule has 4 nitrogen and oxygen atoms in total. The van der Waals surface area contributed by atoms with Gasteiger partial charge in [-0.2, -0.15) is 0 Å². The highest BCUT2D eigenvalue weighted by atomic mass is 79.9. The van der Waals surface area contributed by atoms with Crippen LogP contribution in [0.1, 0.15) is 48.7 Å². The van der Waals surface area contributed by atoms with Gasteiger partial charge in [-0.3, -0.25) is 9.59 Å². The van der Waals surface area contributed by atoms with Crippen LogP contribution in [0.25, 0.3) is 0 Å². The van der Waals surface area contributed by atoms with Crippen molar-refractivity contribution in [3.8, 4) is 0 Å². The largest absolute Gasteiger partial charge is 0.349 e. The Hall–Kier alpha value is -2.21. The van der Waals surface area contributed by atoms with Gasteiger partial charge < -0.3 is 10.2 Å². The minimum absolute atomic E-state index is 0.00253. The summed E-state index contributed by atoms with van der Waals surface area (Å²) in [6.45, 7) is 5.20. The lowest BCUT2D eigenvalue weighted by Crippen LogP contribution is -2.44. The van der Waals surface area contributed by atoms with Crippen molar-refractivity contribution in [3.63, 3.8) is 0 Å². The Morgan fingerprint density at radius 3 is 2.17 bits per heavy atom. The normalized spacial score (nSPS) is 16.0. The standard InChI is InChI=1S/C23H26BrFN2O2/c1-15(2)21(16-5-9-20(25)10-6-16)26-22(28)17-11-13-27(14-12-17)23(29)18-3-7-19(24)8-4-18/h3-10,15,17,21H,11-14H2,1-2H3,(H,26,28). The second-order valence-corrected chi connectivity index (χ2v) is 8.77. The van der Waals surface area contributed by atoms with Crippen molar-refractivity contribution in [1.29, 1.82) is 0 Å². The van der Waals surface area contributed by atoms with Crippen LogP contribution < -0.4 is 5.32 Å². The maximum Gasteiger partial charge on any atom is 0.253 e. The molecule has 3 rings (SSSR count). The van der Waals surface area contributed by atoms with E-state index in [4.69, 9.17) is 0 Å². The number of benzene rings is 2. The van der Waals surface area contributed by atoms with E-state index in [-0.39, 0.29) is 35.5 Å². The number of carbonyl (C=O) groups is 2. The summed E-state index contributed by atoms with van der Waals surface area (Å²) in [4.78, 5) is 27.3. The molecule has 1 aliphatic rings. The quantitative estimate of drug-likeness (QED) is 0.685. The van der Waals surface area contributed by atoms with Crippen LogP contribution in [-0.4, -0.2) is 29.8 Å². The number of carbonyl (C=O) groups excluding carboxylic acids is 2. The van der Waals surface area contributed by atoms with Crippen LogP contribution in [0, 0.1) is 17.7 Å². The highest BCUT2D eigenvalue weighted by Gasteiger charge is 2.29. The van der Waals surface area contributed by atoms with E-state index in [0.29, 0.717) is 31.5 Å². The van der Waals surface area contributed by atoms with Crippen molar-refractivity contribution in [2.24, 2.45) is 11.8 Å². The summed E-state index contributed by atoms with van der Waals surface area (Å²) in [5.74, 6) is -0.217. The molecule has 0 bridgehead atoms. The lowest BCUT2D eigenvalue weighted by molar-refractivity contribution is -0.127. The van der Waals surface area contributed by atoms with Crippen LogP contribution in [0.4, 0.5) is 4.39 Å². The van der Waals surface area contributed by atoms with Gasteiger partial charge in [0.1, 0.15) is 5.82 Å². The topological polar surface area (TPSA) is 49.4 Å². The van der Waals surface area contributed by atoms with Crippen molar-refractivity contribution in [3.05, 3.63) is 69.9 Å². The number of nitrogens with zero attached hydrogens (tertiary/aromatic N) is 1. The Bertz CT molecular complexity index is 844. The SMILES string of the molecule is CC(C)C(NC(=O)C1CCN(C(=O)c2ccc(Br)cc2)CC1)c1ccc(F)cc1. The van der Waals surface area contributed by atoms with Crippen LogP contribution in [0.5, 0.6) is 0 Å². The highest BCUT2D eigenvalue weighted by molar-refractivity contribution is 9.10. The van der Waals surface area contributed by atoms with Crippen LogP contribution in [0.15, 0.2) is 53.0 Å². The summed E-state index contributed by atoms with van der Waals surface area (Å²) in [6, 6.07) is 13.4. The molecule has 29 heavy (non-hydrogen) atoms. The van der Waals surface area contributed by atoms with E-state index in [2.05, 4.69) is 21.2 Å². The summed E-state index contributed by atoms with van der Waals surface area (Å²) >= 11 is 3.38. The Balaban J connectivity index is 1.58. The van der Waals surface area contributed by atoms with Crippen LogP contribution in [-0.2, 0) is 4.79 Å². The van der Waals surface area contributed by atoms with Gasteiger partial charge in [-0.1, -0.05) is 41.9 Å². The molecule has 1 saturated heterocycles. The third-order valence-electron chi connectivity index (χ3n) is 5.44. The first kappa shape index (κ1) is 21.5. The van der Waals surface area contributed by atoms with E-state index < -0.39 is 0 Å². The van der Waals surface area contributed by atoms with E-state index >= 15 is 0 Å². The molecule has 1 fully saturated rings. The second kappa shape index (κ2) is 9.53. The number of nitrogens with one attached hydrogen (secondary N) is 1. The van der Waals surface area contributed by atoms with E-state index in [1.54, 1.807) is 24.3 Å². The minimum Gasteiger partial charge on any atom is -0.349 e. The van der Waals surface area contributed by atoms with E-state index in [1.165, 1.54) is 12.1 Å². The van der Waals surface area contributed by atoms with Gasteiger partial charge in [0.2, 0.25) is 5.91 Å². The monoisotopic (exact) mass is 460 g/mol. The van der Waals surface area contributed by atoms with Crippen LogP contribution in [0.3, 0.4) is 0 Å². The van der Waals surface area contributed by atoms with Crippen molar-refractivity contribution in [2.45, 2.75) is 32.7 Å². The molecule has 1 unspecified atom stereocenters. The molecule has 1 N–H and O–H groups in total. The zero-order valence-corrected chi connectivity index (χ0v) is 18.3. The summed E-state index contributed by atoms with van der Waals surface area (Å²) in [5.41, 5.74) is 1.56. The molecule has 2 amide bonds. The van der Waals surface area contributed by atoms with E-state index in [0.717, 1.165) is 10.0 Å². The number of hydrogen-bond donors (Lipinski definition) is 1. The summed E-state index contributed by atoms with van der Waals surface area (Å²) in [5, 5.41) is 3.13. The molecule has 0 aromatic heterocycles. The average molecular weight is 461 g/mol. The molecule has 154 valence electrons. The predicted molar refractivity (Wildman–Crippen MR) is 115 cm³/mol. The van der Waals surface area contributed by atoms with E-state index in [9.17, 15) is 14.0 Å². The van der Waals surface area contributed by atoms with Crippen LogP contribution in [0.2, 0.25) is 0 Å². The van der Waals surface area contributed by atoms with Gasteiger partial charge in [0, 0.05) is 29.0 Å². The number of halogens is 2. The molecular weight excluding hydrogens is 435 g/mol. The van der Waals surface area contributed by atoms with Crippen molar-refractivity contribution in [1.82, 2.24) is 10.2 Å². The predicted octanol–water partition coefficient (Wildman–Crippen LogP) is 4.95. The summed E-state index contributed by atoms with van der Waals surface area (Å²) < 4.78 is 14.2. The molecule has 2 aromatic carbocycles. The zero-order chi connectivity index (χ0) is 21.0. The number of piperidine rings is 1. The highest BCUT2D eigenvalue weighted by Crippen LogP contribution is 2.25. The van der Waals surface area contributed by atoms with Gasteiger partial charge >= 0.3 is 0 Å². The van der Waals surface area contributed by atoms with Gasteiger partial charge in [0.05, 0.1) is 6.04 Å². The second-order valence-electron chi connectivity index (χ2n) is 7.86. The molecule has 2 aromatic rings. The van der Waals surface area contributed by atoms with Gasteiger partial charge in [0.15, 0.2) is 0 Å². The summed E-state index contributed by atoms with van der Waals surface area (Å²) in [6.07, 6.45) is 1.28.